The van der Waals surface area contributed by atoms with E-state index in [1.165, 1.54) is 6.26 Å². The second-order valence-electron chi connectivity index (χ2n) is 3.15. The van der Waals surface area contributed by atoms with E-state index in [0.29, 0.717) is 18.6 Å². The van der Waals surface area contributed by atoms with E-state index in [1.807, 2.05) is 0 Å². The van der Waals surface area contributed by atoms with Crippen LogP contribution in [0.4, 0.5) is 0 Å². The summed E-state index contributed by atoms with van der Waals surface area (Å²) in [6, 6.07) is 2.97. The molecule has 1 amide bonds. The minimum atomic E-state index is -0.461. The Bertz CT molecular complexity index is 306. The summed E-state index contributed by atoms with van der Waals surface area (Å²) in [5.74, 6) is 0.440. The molecule has 82 valence electrons. The second kappa shape index (κ2) is 6.03. The predicted octanol–water partition coefficient (Wildman–Crippen LogP) is 1.40. The number of aliphatic hydroxyl groups is 1. The number of amides is 1. The summed E-state index contributed by atoms with van der Waals surface area (Å²) in [4.78, 5) is 11.4. The van der Waals surface area contributed by atoms with Crippen molar-refractivity contribution in [1.82, 2.24) is 5.32 Å². The molecule has 0 fully saturated rings. The molecule has 1 aromatic heterocycles. The van der Waals surface area contributed by atoms with Gasteiger partial charge in [0.05, 0.1) is 12.9 Å². The van der Waals surface area contributed by atoms with Gasteiger partial charge >= 0.3 is 0 Å². The van der Waals surface area contributed by atoms with Crippen LogP contribution in [0.25, 0.3) is 0 Å². The Morgan fingerprint density at radius 2 is 2.53 bits per heavy atom. The van der Waals surface area contributed by atoms with E-state index < -0.39 is 6.04 Å². The van der Waals surface area contributed by atoms with Crippen LogP contribution in [0.2, 0.25) is 0 Å². The molecule has 0 radical (unpaired) electrons. The lowest BCUT2D eigenvalue weighted by Gasteiger charge is -2.13. The van der Waals surface area contributed by atoms with Gasteiger partial charge in [0.2, 0.25) is 5.91 Å². The molecule has 0 aliphatic rings. The van der Waals surface area contributed by atoms with E-state index in [1.54, 1.807) is 18.2 Å². The molecule has 1 aromatic rings. The van der Waals surface area contributed by atoms with Crippen LogP contribution in [0.15, 0.2) is 35.5 Å². The molecule has 0 spiro atoms. The van der Waals surface area contributed by atoms with Crippen molar-refractivity contribution in [2.24, 2.45) is 0 Å². The third kappa shape index (κ3) is 3.59. The molecule has 1 heterocycles. The average Bonchev–Trinajstić information content (AvgIpc) is 2.76. The van der Waals surface area contributed by atoms with Crippen LogP contribution in [0.3, 0.4) is 0 Å². The van der Waals surface area contributed by atoms with E-state index >= 15 is 0 Å². The minimum absolute atomic E-state index is 0.120. The summed E-state index contributed by atoms with van der Waals surface area (Å²) in [5, 5.41) is 11.8. The van der Waals surface area contributed by atoms with Crippen LogP contribution < -0.4 is 5.32 Å². The fourth-order valence-electron chi connectivity index (χ4n) is 1.20. The number of nitrogens with one attached hydrogen (secondary N) is 1. The predicted molar refractivity (Wildman–Crippen MR) is 56.1 cm³/mol. The van der Waals surface area contributed by atoms with Crippen molar-refractivity contribution in [2.75, 3.05) is 6.61 Å². The Kier molecular flexibility index (Phi) is 4.63. The average molecular weight is 209 g/mol. The van der Waals surface area contributed by atoms with Crippen molar-refractivity contribution >= 4 is 5.91 Å². The van der Waals surface area contributed by atoms with E-state index in [0.717, 1.165) is 0 Å². The first-order valence-corrected chi connectivity index (χ1v) is 4.82. The number of furan rings is 1. The van der Waals surface area contributed by atoms with Gasteiger partial charge in [-0.05, 0) is 18.6 Å². The molecule has 15 heavy (non-hydrogen) atoms. The zero-order chi connectivity index (χ0) is 11.1. The van der Waals surface area contributed by atoms with Gasteiger partial charge < -0.3 is 14.8 Å². The molecule has 0 aromatic carbocycles. The van der Waals surface area contributed by atoms with E-state index in [9.17, 15) is 4.79 Å². The van der Waals surface area contributed by atoms with Crippen LogP contribution in [0.5, 0.6) is 0 Å². The summed E-state index contributed by atoms with van der Waals surface area (Å²) in [6.07, 6.45) is 4.19. The molecule has 4 nitrogen and oxygen atoms in total. The number of hydrogen-bond acceptors (Lipinski definition) is 3. The van der Waals surface area contributed by atoms with Gasteiger partial charge in [0.15, 0.2) is 0 Å². The quantitative estimate of drug-likeness (QED) is 0.696. The van der Waals surface area contributed by atoms with Gasteiger partial charge in [0.25, 0.3) is 0 Å². The highest BCUT2D eigenvalue weighted by molar-refractivity contribution is 5.76. The standard InChI is InChI=1S/C11H15NO3/c1-2-3-6-11(14)12-9(8-13)10-5-4-7-15-10/h2,4-5,7,9,13H,1,3,6,8H2,(H,12,14). The monoisotopic (exact) mass is 209 g/mol. The molecule has 0 saturated heterocycles. The molecule has 1 rings (SSSR count). The van der Waals surface area contributed by atoms with Crippen molar-refractivity contribution in [3.05, 3.63) is 36.8 Å². The number of rotatable bonds is 6. The summed E-state index contributed by atoms with van der Waals surface area (Å²) in [5.41, 5.74) is 0. The van der Waals surface area contributed by atoms with Crippen molar-refractivity contribution in [3.63, 3.8) is 0 Å². The Morgan fingerprint density at radius 3 is 3.07 bits per heavy atom. The summed E-state index contributed by atoms with van der Waals surface area (Å²) < 4.78 is 5.10. The fourth-order valence-corrected chi connectivity index (χ4v) is 1.20. The molecule has 2 N–H and O–H groups in total. The third-order valence-electron chi connectivity index (χ3n) is 1.98. The molecule has 1 atom stereocenters. The number of carbonyl (C=O) groups excluding carboxylic acids is 1. The van der Waals surface area contributed by atoms with Crippen LogP contribution >= 0.6 is 0 Å². The first-order valence-electron chi connectivity index (χ1n) is 4.82. The smallest absolute Gasteiger partial charge is 0.220 e. The number of carbonyl (C=O) groups is 1. The van der Waals surface area contributed by atoms with Gasteiger partial charge in [0, 0.05) is 6.42 Å². The maximum absolute atomic E-state index is 11.4. The maximum atomic E-state index is 11.4. The van der Waals surface area contributed by atoms with Crippen molar-refractivity contribution in [3.8, 4) is 0 Å². The van der Waals surface area contributed by atoms with Gasteiger partial charge in [-0.3, -0.25) is 4.79 Å². The van der Waals surface area contributed by atoms with Gasteiger partial charge in [-0.2, -0.15) is 0 Å². The third-order valence-corrected chi connectivity index (χ3v) is 1.98. The van der Waals surface area contributed by atoms with Crippen molar-refractivity contribution in [1.29, 1.82) is 0 Å². The highest BCUT2D eigenvalue weighted by atomic mass is 16.3. The first-order chi connectivity index (χ1) is 7.27. The molecular weight excluding hydrogens is 194 g/mol. The van der Waals surface area contributed by atoms with E-state index in [-0.39, 0.29) is 12.5 Å². The SMILES string of the molecule is C=CCCC(=O)NC(CO)c1ccco1. The Hall–Kier alpha value is -1.55. The Morgan fingerprint density at radius 1 is 1.73 bits per heavy atom. The lowest BCUT2D eigenvalue weighted by molar-refractivity contribution is -0.122. The van der Waals surface area contributed by atoms with E-state index in [2.05, 4.69) is 11.9 Å². The largest absolute Gasteiger partial charge is 0.467 e. The molecule has 0 aliphatic carbocycles. The highest BCUT2D eigenvalue weighted by Gasteiger charge is 2.15. The van der Waals surface area contributed by atoms with Crippen LogP contribution in [-0.2, 0) is 4.79 Å². The van der Waals surface area contributed by atoms with Crippen molar-refractivity contribution < 1.29 is 14.3 Å². The van der Waals surface area contributed by atoms with Gasteiger partial charge in [-0.25, -0.2) is 0 Å². The number of hydrogen-bond donors (Lipinski definition) is 2. The van der Waals surface area contributed by atoms with Gasteiger partial charge in [-0.15, -0.1) is 6.58 Å². The van der Waals surface area contributed by atoms with Crippen LogP contribution in [0.1, 0.15) is 24.6 Å². The summed E-state index contributed by atoms with van der Waals surface area (Å²) in [6.45, 7) is 3.36. The normalized spacial score (nSPS) is 12.1. The maximum Gasteiger partial charge on any atom is 0.220 e. The van der Waals surface area contributed by atoms with Crippen molar-refractivity contribution in [2.45, 2.75) is 18.9 Å². The van der Waals surface area contributed by atoms with Gasteiger partial charge in [-0.1, -0.05) is 6.08 Å². The van der Waals surface area contributed by atoms with E-state index in [4.69, 9.17) is 9.52 Å². The Balaban J connectivity index is 2.47. The first kappa shape index (κ1) is 11.5. The minimum Gasteiger partial charge on any atom is -0.467 e. The summed E-state index contributed by atoms with van der Waals surface area (Å²) in [7, 11) is 0. The summed E-state index contributed by atoms with van der Waals surface area (Å²) >= 11 is 0. The number of aliphatic hydroxyl groups excluding tert-OH is 1. The van der Waals surface area contributed by atoms with Gasteiger partial charge in [0.1, 0.15) is 11.8 Å². The molecule has 0 saturated carbocycles. The molecule has 4 heteroatoms. The zero-order valence-electron chi connectivity index (χ0n) is 8.48. The molecule has 0 aliphatic heterocycles. The van der Waals surface area contributed by atoms with Crippen LogP contribution in [0, 0.1) is 0 Å². The lowest BCUT2D eigenvalue weighted by Crippen LogP contribution is -2.30. The number of allylic oxidation sites excluding steroid dienone is 1. The highest BCUT2D eigenvalue weighted by Crippen LogP contribution is 2.12. The Labute approximate surface area is 88.6 Å². The van der Waals surface area contributed by atoms with Crippen LogP contribution in [-0.4, -0.2) is 17.6 Å². The molecular formula is C11H15NO3. The molecule has 0 bridgehead atoms. The fraction of sp³-hybridized carbons (Fsp3) is 0.364. The molecule has 1 unspecified atom stereocenters. The second-order valence-corrected chi connectivity index (χ2v) is 3.15. The topological polar surface area (TPSA) is 62.5 Å². The lowest BCUT2D eigenvalue weighted by atomic mass is 10.2. The zero-order valence-corrected chi connectivity index (χ0v) is 8.48.